The lowest BCUT2D eigenvalue weighted by molar-refractivity contribution is 0.0642. The minimum absolute atomic E-state index is 0.165. The molecule has 0 amide bonds. The molecule has 18 heavy (non-hydrogen) atoms. The van der Waals surface area contributed by atoms with Crippen molar-refractivity contribution in [3.63, 3.8) is 0 Å². The van der Waals surface area contributed by atoms with Gasteiger partial charge in [0.2, 0.25) is 0 Å². The van der Waals surface area contributed by atoms with Gasteiger partial charge in [-0.25, -0.2) is 0 Å². The number of benzene rings is 1. The fourth-order valence-corrected chi connectivity index (χ4v) is 2.70. The molecule has 2 atom stereocenters. The van der Waals surface area contributed by atoms with Gasteiger partial charge in [0.1, 0.15) is 5.75 Å². The highest BCUT2D eigenvalue weighted by Gasteiger charge is 2.26. The molecule has 2 rings (SSSR count). The molecule has 1 aliphatic heterocycles. The smallest absolute Gasteiger partial charge is 0.123 e. The van der Waals surface area contributed by atoms with Gasteiger partial charge in [-0.2, -0.15) is 0 Å². The number of hydrogen-bond acceptors (Lipinski definition) is 4. The van der Waals surface area contributed by atoms with Crippen LogP contribution in [0.15, 0.2) is 22.7 Å². The third-order valence-corrected chi connectivity index (χ3v) is 3.68. The highest BCUT2D eigenvalue weighted by molar-refractivity contribution is 9.10. The van der Waals surface area contributed by atoms with E-state index >= 15 is 0 Å². The maximum atomic E-state index is 5.54. The van der Waals surface area contributed by atoms with Gasteiger partial charge in [-0.05, 0) is 25.2 Å². The lowest BCUT2D eigenvalue weighted by Crippen LogP contribution is -2.48. The molecule has 1 aliphatic rings. The molecule has 0 radical (unpaired) electrons. The number of methoxy groups -OCH3 is 1. The van der Waals surface area contributed by atoms with Crippen LogP contribution >= 0.6 is 15.9 Å². The van der Waals surface area contributed by atoms with Gasteiger partial charge in [-0.3, -0.25) is 0 Å². The van der Waals surface area contributed by atoms with E-state index in [4.69, 9.17) is 9.47 Å². The SMILES string of the molecule is CNC(c1cc(Br)ccc1OC)C1COCCN1. The number of nitrogens with one attached hydrogen (secondary N) is 2. The van der Waals surface area contributed by atoms with Crippen molar-refractivity contribution in [1.29, 1.82) is 0 Å². The molecule has 5 heteroatoms. The second-order valence-electron chi connectivity index (χ2n) is 4.29. The van der Waals surface area contributed by atoms with Crippen LogP contribution in [0.5, 0.6) is 5.75 Å². The number of morpholine rings is 1. The van der Waals surface area contributed by atoms with Gasteiger partial charge in [-0.1, -0.05) is 15.9 Å². The Labute approximate surface area is 116 Å². The molecular formula is C13H19BrN2O2. The monoisotopic (exact) mass is 314 g/mol. The number of hydrogen-bond donors (Lipinski definition) is 2. The topological polar surface area (TPSA) is 42.5 Å². The van der Waals surface area contributed by atoms with Gasteiger partial charge in [0, 0.05) is 16.6 Å². The first kappa shape index (κ1) is 13.8. The highest BCUT2D eigenvalue weighted by atomic mass is 79.9. The van der Waals surface area contributed by atoms with Crippen LogP contribution in [0.1, 0.15) is 11.6 Å². The number of rotatable bonds is 4. The first-order valence-electron chi connectivity index (χ1n) is 6.08. The van der Waals surface area contributed by atoms with Crippen LogP contribution in [0, 0.1) is 0 Å². The molecule has 1 heterocycles. The zero-order chi connectivity index (χ0) is 13.0. The van der Waals surface area contributed by atoms with Crippen molar-refractivity contribution in [2.24, 2.45) is 0 Å². The van der Waals surface area contributed by atoms with E-state index in [9.17, 15) is 0 Å². The first-order chi connectivity index (χ1) is 8.76. The van der Waals surface area contributed by atoms with Gasteiger partial charge < -0.3 is 20.1 Å². The molecule has 1 aromatic carbocycles. The highest BCUT2D eigenvalue weighted by Crippen LogP contribution is 2.30. The molecule has 0 saturated carbocycles. The summed E-state index contributed by atoms with van der Waals surface area (Å²) in [4.78, 5) is 0. The van der Waals surface area contributed by atoms with Crippen LogP contribution in [-0.2, 0) is 4.74 Å². The van der Waals surface area contributed by atoms with Gasteiger partial charge in [0.05, 0.1) is 32.4 Å². The summed E-state index contributed by atoms with van der Waals surface area (Å²) < 4.78 is 12.0. The second-order valence-corrected chi connectivity index (χ2v) is 5.20. The molecular weight excluding hydrogens is 296 g/mol. The average molecular weight is 315 g/mol. The Morgan fingerprint density at radius 2 is 2.39 bits per heavy atom. The zero-order valence-electron chi connectivity index (χ0n) is 10.7. The quantitative estimate of drug-likeness (QED) is 0.888. The van der Waals surface area contributed by atoms with E-state index in [1.807, 2.05) is 19.2 Å². The predicted molar refractivity (Wildman–Crippen MR) is 75.1 cm³/mol. The van der Waals surface area contributed by atoms with Crippen LogP contribution in [-0.4, -0.2) is 40.0 Å². The minimum atomic E-state index is 0.165. The molecule has 0 bridgehead atoms. The maximum absolute atomic E-state index is 5.54. The summed E-state index contributed by atoms with van der Waals surface area (Å²) in [5.41, 5.74) is 1.14. The Morgan fingerprint density at radius 3 is 3.00 bits per heavy atom. The molecule has 0 aliphatic carbocycles. The summed E-state index contributed by atoms with van der Waals surface area (Å²) >= 11 is 3.51. The van der Waals surface area contributed by atoms with Crippen molar-refractivity contribution in [3.8, 4) is 5.75 Å². The predicted octanol–water partition coefficient (Wildman–Crippen LogP) is 1.71. The second kappa shape index (κ2) is 6.52. The van der Waals surface area contributed by atoms with Crippen LogP contribution < -0.4 is 15.4 Å². The molecule has 2 unspecified atom stereocenters. The molecule has 2 N–H and O–H groups in total. The van der Waals surface area contributed by atoms with Crippen molar-refractivity contribution in [2.75, 3.05) is 33.9 Å². The molecule has 1 aromatic rings. The first-order valence-corrected chi connectivity index (χ1v) is 6.87. The Morgan fingerprint density at radius 1 is 1.56 bits per heavy atom. The number of likely N-dealkylation sites (N-methyl/N-ethyl adjacent to an activating group) is 1. The lowest BCUT2D eigenvalue weighted by atomic mass is 9.98. The van der Waals surface area contributed by atoms with Crippen molar-refractivity contribution >= 4 is 15.9 Å². The van der Waals surface area contributed by atoms with Crippen molar-refractivity contribution in [2.45, 2.75) is 12.1 Å². The third-order valence-electron chi connectivity index (χ3n) is 3.19. The van der Waals surface area contributed by atoms with E-state index in [1.54, 1.807) is 7.11 Å². The molecule has 4 nitrogen and oxygen atoms in total. The van der Waals surface area contributed by atoms with E-state index in [0.29, 0.717) is 6.61 Å². The van der Waals surface area contributed by atoms with Gasteiger partial charge >= 0.3 is 0 Å². The van der Waals surface area contributed by atoms with Crippen LogP contribution in [0.25, 0.3) is 0 Å². The molecule has 1 saturated heterocycles. The van der Waals surface area contributed by atoms with Gasteiger partial charge in [-0.15, -0.1) is 0 Å². The van der Waals surface area contributed by atoms with E-state index in [1.165, 1.54) is 0 Å². The summed E-state index contributed by atoms with van der Waals surface area (Å²) in [7, 11) is 3.66. The maximum Gasteiger partial charge on any atom is 0.123 e. The van der Waals surface area contributed by atoms with Crippen molar-refractivity contribution in [1.82, 2.24) is 10.6 Å². The van der Waals surface area contributed by atoms with Crippen LogP contribution in [0.3, 0.4) is 0 Å². The molecule has 0 spiro atoms. The summed E-state index contributed by atoms with van der Waals surface area (Å²) in [6.07, 6.45) is 0. The zero-order valence-corrected chi connectivity index (χ0v) is 12.3. The summed E-state index contributed by atoms with van der Waals surface area (Å²) in [5, 5.41) is 6.83. The molecule has 0 aromatic heterocycles. The van der Waals surface area contributed by atoms with Crippen LogP contribution in [0.4, 0.5) is 0 Å². The van der Waals surface area contributed by atoms with E-state index in [0.717, 1.165) is 28.9 Å². The Balaban J connectivity index is 2.27. The van der Waals surface area contributed by atoms with Gasteiger partial charge in [0.25, 0.3) is 0 Å². The Hall–Kier alpha value is -0.620. The standard InChI is InChI=1S/C13H19BrN2O2/c1-15-13(11-8-18-6-5-16-11)10-7-9(14)3-4-12(10)17-2/h3-4,7,11,13,15-16H,5-6,8H2,1-2H3. The van der Waals surface area contributed by atoms with Crippen molar-refractivity contribution in [3.05, 3.63) is 28.2 Å². The Kier molecular flexibility index (Phi) is 5.00. The summed E-state index contributed by atoms with van der Waals surface area (Å²) in [6, 6.07) is 6.48. The number of ether oxygens (including phenoxy) is 2. The van der Waals surface area contributed by atoms with E-state index in [2.05, 4.69) is 32.6 Å². The van der Waals surface area contributed by atoms with E-state index in [-0.39, 0.29) is 12.1 Å². The lowest BCUT2D eigenvalue weighted by Gasteiger charge is -2.32. The third kappa shape index (κ3) is 3.03. The fraction of sp³-hybridized carbons (Fsp3) is 0.538. The average Bonchev–Trinajstić information content (AvgIpc) is 2.41. The summed E-state index contributed by atoms with van der Waals surface area (Å²) in [6.45, 7) is 2.38. The van der Waals surface area contributed by atoms with Crippen LogP contribution in [0.2, 0.25) is 0 Å². The molecule has 1 fully saturated rings. The fourth-order valence-electron chi connectivity index (χ4n) is 2.32. The van der Waals surface area contributed by atoms with Gasteiger partial charge in [0.15, 0.2) is 0 Å². The normalized spacial score (nSPS) is 21.6. The minimum Gasteiger partial charge on any atom is -0.496 e. The Bertz CT molecular complexity index is 395. The van der Waals surface area contributed by atoms with E-state index < -0.39 is 0 Å². The van der Waals surface area contributed by atoms with Crippen molar-refractivity contribution < 1.29 is 9.47 Å². The molecule has 100 valence electrons. The summed E-state index contributed by atoms with van der Waals surface area (Å²) in [5.74, 6) is 0.893. The number of halogens is 1. The largest absolute Gasteiger partial charge is 0.496 e.